The number of pyridine rings is 1. The molecule has 10 heteroatoms. The summed E-state index contributed by atoms with van der Waals surface area (Å²) in [5, 5.41) is 11.0. The number of ether oxygens (including phenoxy) is 3. The number of amides is 1. The zero-order valence-corrected chi connectivity index (χ0v) is 20.9. The lowest BCUT2D eigenvalue weighted by Crippen LogP contribution is -2.31. The summed E-state index contributed by atoms with van der Waals surface area (Å²) in [6, 6.07) is 16.0. The van der Waals surface area contributed by atoms with Gasteiger partial charge >= 0.3 is 0 Å². The van der Waals surface area contributed by atoms with E-state index < -0.39 is 6.04 Å². The molecule has 188 valence electrons. The van der Waals surface area contributed by atoms with E-state index in [9.17, 15) is 4.79 Å². The Morgan fingerprint density at radius 3 is 2.46 bits per heavy atom. The fraction of sp³-hybridized carbons (Fsp3) is 0.185. The van der Waals surface area contributed by atoms with E-state index >= 15 is 0 Å². The van der Waals surface area contributed by atoms with E-state index in [1.165, 1.54) is 0 Å². The maximum Gasteiger partial charge on any atom is 0.255 e. The highest BCUT2D eigenvalue weighted by atomic mass is 16.5. The van der Waals surface area contributed by atoms with Gasteiger partial charge in [-0.2, -0.15) is 4.98 Å². The molecule has 2 aromatic heterocycles. The maximum atomic E-state index is 13.6. The van der Waals surface area contributed by atoms with Crippen LogP contribution in [0.5, 0.6) is 17.2 Å². The van der Waals surface area contributed by atoms with Gasteiger partial charge < -0.3 is 24.8 Å². The van der Waals surface area contributed by atoms with Crippen LogP contribution in [-0.2, 0) is 4.79 Å². The van der Waals surface area contributed by atoms with Gasteiger partial charge in [0.05, 0.1) is 38.8 Å². The minimum atomic E-state index is -0.591. The largest absolute Gasteiger partial charge is 0.497 e. The third kappa shape index (κ3) is 4.56. The second kappa shape index (κ2) is 10.0. The summed E-state index contributed by atoms with van der Waals surface area (Å²) in [6.45, 7) is 1.84. The Balaban J connectivity index is 1.62. The first-order valence-electron chi connectivity index (χ1n) is 11.5. The van der Waals surface area contributed by atoms with Gasteiger partial charge in [-0.05, 0) is 61.0 Å². The van der Waals surface area contributed by atoms with Gasteiger partial charge in [0, 0.05) is 17.5 Å². The van der Waals surface area contributed by atoms with E-state index in [1.54, 1.807) is 50.5 Å². The fourth-order valence-corrected chi connectivity index (χ4v) is 4.27. The highest BCUT2D eigenvalue weighted by Crippen LogP contribution is 2.39. The third-order valence-electron chi connectivity index (χ3n) is 6.09. The number of methoxy groups -OCH3 is 3. The Hall–Kier alpha value is -4.86. The number of carbonyl (C=O) groups excluding carboxylic acids is 1. The molecule has 1 aliphatic heterocycles. The summed E-state index contributed by atoms with van der Waals surface area (Å²) in [4.78, 5) is 22.4. The van der Waals surface area contributed by atoms with Gasteiger partial charge in [-0.1, -0.05) is 6.07 Å². The highest BCUT2D eigenvalue weighted by Gasteiger charge is 2.35. The predicted octanol–water partition coefficient (Wildman–Crippen LogP) is 4.29. The number of benzene rings is 2. The minimum absolute atomic E-state index is 0.287. The lowest BCUT2D eigenvalue weighted by Gasteiger charge is -2.29. The summed E-state index contributed by atoms with van der Waals surface area (Å²) in [5.41, 5.74) is 3.32. The van der Waals surface area contributed by atoms with Gasteiger partial charge in [-0.15, -0.1) is 5.10 Å². The molecule has 2 aromatic carbocycles. The molecule has 1 aliphatic rings. The average Bonchev–Trinajstić information content (AvgIpc) is 3.36. The van der Waals surface area contributed by atoms with Crippen molar-refractivity contribution in [3.63, 3.8) is 0 Å². The van der Waals surface area contributed by atoms with Crippen LogP contribution in [0, 0.1) is 0 Å². The highest BCUT2D eigenvalue weighted by molar-refractivity contribution is 6.06. The number of hydrogen-bond donors (Lipinski definition) is 2. The van der Waals surface area contributed by atoms with E-state index in [1.807, 2.05) is 49.4 Å². The number of nitrogens with one attached hydrogen (secondary N) is 2. The summed E-state index contributed by atoms with van der Waals surface area (Å²) in [7, 11) is 4.77. The second-order valence-electron chi connectivity index (χ2n) is 8.31. The van der Waals surface area contributed by atoms with Crippen molar-refractivity contribution in [2.45, 2.75) is 13.0 Å². The van der Waals surface area contributed by atoms with E-state index in [2.05, 4.69) is 15.6 Å². The lowest BCUT2D eigenvalue weighted by atomic mass is 9.94. The van der Waals surface area contributed by atoms with Crippen molar-refractivity contribution < 1.29 is 19.0 Å². The molecular weight excluding hydrogens is 472 g/mol. The van der Waals surface area contributed by atoms with Crippen LogP contribution in [0.25, 0.3) is 11.4 Å². The summed E-state index contributed by atoms with van der Waals surface area (Å²) >= 11 is 0. The topological polar surface area (TPSA) is 112 Å². The molecule has 4 aromatic rings. The Morgan fingerprint density at radius 2 is 1.78 bits per heavy atom. The van der Waals surface area contributed by atoms with E-state index in [0.29, 0.717) is 40.2 Å². The fourth-order valence-electron chi connectivity index (χ4n) is 4.27. The molecule has 0 fully saturated rings. The summed E-state index contributed by atoms with van der Waals surface area (Å²) < 4.78 is 18.0. The molecule has 0 radical (unpaired) electrons. The van der Waals surface area contributed by atoms with Crippen molar-refractivity contribution in [1.82, 2.24) is 19.7 Å². The molecule has 0 bridgehead atoms. The minimum Gasteiger partial charge on any atom is -0.497 e. The number of nitrogens with zero attached hydrogens (tertiary/aromatic N) is 4. The third-order valence-corrected chi connectivity index (χ3v) is 6.09. The van der Waals surface area contributed by atoms with Crippen LogP contribution in [0.3, 0.4) is 0 Å². The molecule has 3 heterocycles. The van der Waals surface area contributed by atoms with Gasteiger partial charge in [0.15, 0.2) is 17.3 Å². The smallest absolute Gasteiger partial charge is 0.255 e. The van der Waals surface area contributed by atoms with Crippen molar-refractivity contribution in [3.8, 4) is 28.6 Å². The van der Waals surface area contributed by atoms with Crippen molar-refractivity contribution in [2.75, 3.05) is 32.0 Å². The molecule has 0 unspecified atom stereocenters. The maximum absolute atomic E-state index is 13.6. The number of hydrogen-bond acceptors (Lipinski definition) is 8. The molecule has 0 saturated carbocycles. The quantitative estimate of drug-likeness (QED) is 0.388. The van der Waals surface area contributed by atoms with E-state index in [0.717, 1.165) is 16.9 Å². The van der Waals surface area contributed by atoms with Crippen LogP contribution in [0.1, 0.15) is 18.5 Å². The molecule has 1 amide bonds. The molecular formula is C27H26N6O4. The first-order chi connectivity index (χ1) is 18.0. The van der Waals surface area contributed by atoms with Gasteiger partial charge in [0.2, 0.25) is 5.95 Å². The Labute approximate surface area is 213 Å². The van der Waals surface area contributed by atoms with E-state index in [4.69, 9.17) is 24.3 Å². The first-order valence-corrected chi connectivity index (χ1v) is 11.5. The van der Waals surface area contributed by atoms with Gasteiger partial charge in [-0.3, -0.25) is 9.78 Å². The number of carbonyl (C=O) groups is 1. The number of anilines is 2. The molecule has 37 heavy (non-hydrogen) atoms. The monoisotopic (exact) mass is 498 g/mol. The Morgan fingerprint density at radius 1 is 1.00 bits per heavy atom. The van der Waals surface area contributed by atoms with Crippen LogP contribution in [0.2, 0.25) is 0 Å². The zero-order chi connectivity index (χ0) is 25.9. The van der Waals surface area contributed by atoms with Gasteiger partial charge in [0.1, 0.15) is 11.8 Å². The first kappa shape index (κ1) is 23.9. The van der Waals surface area contributed by atoms with Crippen LogP contribution in [-0.4, -0.2) is 47.0 Å². The SMILES string of the molecule is COc1ccc(-c2nc3n(n2)[C@H](c2ccc(OC)c(OC)c2)C(C(=O)Nc2cccnc2)=C(C)N3)cc1. The number of allylic oxidation sites excluding steroid dienone is 1. The van der Waals surface area contributed by atoms with Crippen LogP contribution < -0.4 is 24.8 Å². The van der Waals surface area contributed by atoms with Crippen LogP contribution >= 0.6 is 0 Å². The average molecular weight is 499 g/mol. The predicted molar refractivity (Wildman–Crippen MR) is 139 cm³/mol. The summed E-state index contributed by atoms with van der Waals surface area (Å²) in [6.07, 6.45) is 3.25. The normalized spacial score (nSPS) is 14.4. The van der Waals surface area contributed by atoms with Gasteiger partial charge in [-0.25, -0.2) is 4.68 Å². The zero-order valence-electron chi connectivity index (χ0n) is 20.9. The number of fused-ring (bicyclic) bond motifs is 1. The molecule has 5 rings (SSSR count). The second-order valence-corrected chi connectivity index (χ2v) is 8.31. The van der Waals surface area contributed by atoms with Crippen LogP contribution in [0.4, 0.5) is 11.6 Å². The van der Waals surface area contributed by atoms with Crippen molar-refractivity contribution >= 4 is 17.5 Å². The number of rotatable bonds is 7. The molecule has 2 N–H and O–H groups in total. The Kier molecular flexibility index (Phi) is 6.46. The van der Waals surface area contributed by atoms with Crippen molar-refractivity contribution in [2.24, 2.45) is 0 Å². The van der Waals surface area contributed by atoms with Crippen LogP contribution in [0.15, 0.2) is 78.3 Å². The molecule has 0 saturated heterocycles. The molecule has 1 atom stereocenters. The van der Waals surface area contributed by atoms with Crippen molar-refractivity contribution in [1.29, 1.82) is 0 Å². The lowest BCUT2D eigenvalue weighted by molar-refractivity contribution is -0.113. The molecule has 0 spiro atoms. The Bertz CT molecular complexity index is 1460. The standard InChI is InChI=1S/C27H26N6O4/c1-16-23(26(34)30-19-6-5-13-28-15-19)24(18-9-12-21(36-3)22(14-18)37-4)33-27(29-16)31-25(32-33)17-7-10-20(35-2)11-8-17/h5-15,24H,1-4H3,(H,30,34)(H,29,31,32)/t24-/m1/s1. The molecule has 0 aliphatic carbocycles. The molecule has 10 nitrogen and oxygen atoms in total. The van der Waals surface area contributed by atoms with Crippen molar-refractivity contribution in [3.05, 3.63) is 83.8 Å². The number of aromatic nitrogens is 4. The van der Waals surface area contributed by atoms with Gasteiger partial charge in [0.25, 0.3) is 5.91 Å². The van der Waals surface area contributed by atoms with E-state index in [-0.39, 0.29) is 5.91 Å². The summed E-state index contributed by atoms with van der Waals surface area (Å²) in [5.74, 6) is 2.60.